The van der Waals surface area contributed by atoms with Crippen LogP contribution in [-0.2, 0) is 25.5 Å². The summed E-state index contributed by atoms with van der Waals surface area (Å²) in [6.07, 6.45) is 0.0962. The van der Waals surface area contributed by atoms with Crippen molar-refractivity contribution in [3.63, 3.8) is 0 Å². The maximum atomic E-state index is 12.4. The lowest BCUT2D eigenvalue weighted by Gasteiger charge is -2.15. The number of ketones is 1. The first-order valence-electron chi connectivity index (χ1n) is 8.79. The molecule has 0 aromatic heterocycles. The molecule has 1 atom stereocenters. The van der Waals surface area contributed by atoms with Gasteiger partial charge in [0.05, 0.1) is 13.2 Å². The van der Waals surface area contributed by atoms with Crippen molar-refractivity contribution in [1.29, 1.82) is 0 Å². The van der Waals surface area contributed by atoms with E-state index in [1.807, 2.05) is 6.07 Å². The molecule has 0 heterocycles. The summed E-state index contributed by atoms with van der Waals surface area (Å²) in [4.78, 5) is 35.7. The molecule has 0 unspecified atom stereocenters. The molecule has 1 amide bonds. The number of hydrogen-bond acceptors (Lipinski definition) is 5. The van der Waals surface area contributed by atoms with Gasteiger partial charge >= 0.3 is 5.97 Å². The van der Waals surface area contributed by atoms with Crippen LogP contribution in [0.5, 0.6) is 0 Å². The van der Waals surface area contributed by atoms with Crippen LogP contribution in [0.4, 0.5) is 0 Å². The number of carboxylic acids is 1. The van der Waals surface area contributed by atoms with Crippen LogP contribution in [0.3, 0.4) is 0 Å². The van der Waals surface area contributed by atoms with E-state index in [1.54, 1.807) is 48.5 Å². The van der Waals surface area contributed by atoms with Gasteiger partial charge in [-0.25, -0.2) is 4.79 Å². The summed E-state index contributed by atoms with van der Waals surface area (Å²) in [5.41, 5.74) is 1.79. The van der Waals surface area contributed by atoms with E-state index in [1.165, 1.54) is 7.11 Å². The Morgan fingerprint density at radius 2 is 1.61 bits per heavy atom. The second-order valence-electron chi connectivity index (χ2n) is 6.10. The molecule has 0 saturated carbocycles. The molecule has 7 nitrogen and oxygen atoms in total. The van der Waals surface area contributed by atoms with Crippen LogP contribution >= 0.6 is 0 Å². The molecular weight excluding hydrogens is 362 g/mol. The second kappa shape index (κ2) is 11.0. The first-order chi connectivity index (χ1) is 13.5. The fourth-order valence-electron chi connectivity index (χ4n) is 2.53. The molecule has 0 bridgehead atoms. The molecular formula is C21H23NO6. The first kappa shape index (κ1) is 21.3. The molecule has 2 N–H and O–H groups in total. The monoisotopic (exact) mass is 385 g/mol. The van der Waals surface area contributed by atoms with E-state index in [2.05, 4.69) is 5.32 Å². The number of ether oxygens (including phenoxy) is 2. The third-order valence-corrected chi connectivity index (χ3v) is 3.99. The highest BCUT2D eigenvalue weighted by Gasteiger charge is 2.20. The number of nitrogens with one attached hydrogen (secondary N) is 1. The van der Waals surface area contributed by atoms with Crippen LogP contribution in [0.25, 0.3) is 0 Å². The largest absolute Gasteiger partial charge is 0.480 e. The Balaban J connectivity index is 1.95. The lowest BCUT2D eigenvalue weighted by Crippen LogP contribution is -2.44. The Bertz CT molecular complexity index is 788. The van der Waals surface area contributed by atoms with Crippen molar-refractivity contribution in [3.05, 3.63) is 71.3 Å². The molecule has 0 spiro atoms. The summed E-state index contributed by atoms with van der Waals surface area (Å²) in [6.45, 7) is 0.361. The zero-order valence-electron chi connectivity index (χ0n) is 15.6. The van der Waals surface area contributed by atoms with Gasteiger partial charge in [-0.15, -0.1) is 0 Å². The number of carbonyl (C=O) groups is 3. The summed E-state index contributed by atoms with van der Waals surface area (Å²) in [5.74, 6) is -1.77. The van der Waals surface area contributed by atoms with Gasteiger partial charge in [-0.1, -0.05) is 54.6 Å². The Labute approximate surface area is 163 Å². The molecule has 7 heteroatoms. The van der Waals surface area contributed by atoms with E-state index in [0.717, 1.165) is 0 Å². The van der Waals surface area contributed by atoms with E-state index >= 15 is 0 Å². The normalized spacial score (nSPS) is 11.6. The number of hydrogen-bond donors (Lipinski definition) is 2. The van der Waals surface area contributed by atoms with E-state index in [0.29, 0.717) is 23.3 Å². The van der Waals surface area contributed by atoms with E-state index in [4.69, 9.17) is 9.47 Å². The summed E-state index contributed by atoms with van der Waals surface area (Å²) >= 11 is 0. The first-order valence-corrected chi connectivity index (χ1v) is 8.79. The molecule has 2 aromatic carbocycles. The summed E-state index contributed by atoms with van der Waals surface area (Å²) in [7, 11) is 1.52. The van der Waals surface area contributed by atoms with Crippen molar-refractivity contribution < 1.29 is 29.0 Å². The number of carbonyl (C=O) groups excluding carboxylic acids is 2. The minimum absolute atomic E-state index is 0.0962. The van der Waals surface area contributed by atoms with Gasteiger partial charge in [0.2, 0.25) is 5.91 Å². The quantitative estimate of drug-likeness (QED) is 0.451. The summed E-state index contributed by atoms with van der Waals surface area (Å²) in [5, 5.41) is 11.8. The highest BCUT2D eigenvalue weighted by atomic mass is 16.5. The van der Waals surface area contributed by atoms with Gasteiger partial charge in [0.1, 0.15) is 12.6 Å². The molecule has 0 aliphatic carbocycles. The second-order valence-corrected chi connectivity index (χ2v) is 6.10. The van der Waals surface area contributed by atoms with Crippen molar-refractivity contribution in [3.8, 4) is 0 Å². The molecule has 0 radical (unpaired) electrons. The number of rotatable bonds is 11. The zero-order valence-corrected chi connectivity index (χ0v) is 15.6. The van der Waals surface area contributed by atoms with Gasteiger partial charge in [0.25, 0.3) is 0 Å². The van der Waals surface area contributed by atoms with Crippen LogP contribution in [0.2, 0.25) is 0 Å². The highest BCUT2D eigenvalue weighted by Crippen LogP contribution is 2.12. The lowest BCUT2D eigenvalue weighted by atomic mass is 9.99. The Kier molecular flexibility index (Phi) is 8.33. The molecule has 2 rings (SSSR count). The number of carboxylic acid groups (broad SMARTS) is 1. The third-order valence-electron chi connectivity index (χ3n) is 3.99. The lowest BCUT2D eigenvalue weighted by molar-refractivity contribution is -0.142. The highest BCUT2D eigenvalue weighted by molar-refractivity contribution is 6.08. The Morgan fingerprint density at radius 1 is 0.964 bits per heavy atom. The van der Waals surface area contributed by atoms with Crippen LogP contribution in [0.15, 0.2) is 54.6 Å². The SMILES string of the molecule is COCCOCC(=O)N[C@H](Cc1ccc(C(=O)c2ccccc2)cc1)C(=O)O. The predicted octanol–water partition coefficient (Wildman–Crippen LogP) is 1.69. The number of benzene rings is 2. The number of methoxy groups -OCH3 is 1. The average Bonchev–Trinajstić information content (AvgIpc) is 2.71. The van der Waals surface area contributed by atoms with Crippen LogP contribution in [0.1, 0.15) is 21.5 Å². The van der Waals surface area contributed by atoms with E-state index in [-0.39, 0.29) is 25.4 Å². The van der Waals surface area contributed by atoms with Crippen LogP contribution in [0, 0.1) is 0 Å². The minimum Gasteiger partial charge on any atom is -0.480 e. The summed E-state index contributed by atoms with van der Waals surface area (Å²) in [6, 6.07) is 14.5. The summed E-state index contributed by atoms with van der Waals surface area (Å²) < 4.78 is 9.89. The van der Waals surface area contributed by atoms with Crippen LogP contribution < -0.4 is 5.32 Å². The molecule has 0 saturated heterocycles. The van der Waals surface area contributed by atoms with Gasteiger partial charge in [-0.05, 0) is 5.56 Å². The fraction of sp³-hybridized carbons (Fsp3) is 0.286. The Morgan fingerprint density at radius 3 is 2.21 bits per heavy atom. The van der Waals surface area contributed by atoms with Gasteiger partial charge in [0.15, 0.2) is 5.78 Å². The minimum atomic E-state index is -1.14. The molecule has 148 valence electrons. The molecule has 2 aromatic rings. The smallest absolute Gasteiger partial charge is 0.326 e. The molecule has 0 aliphatic heterocycles. The van der Waals surface area contributed by atoms with Gasteiger partial charge in [-0.3, -0.25) is 9.59 Å². The topological polar surface area (TPSA) is 102 Å². The number of aliphatic carboxylic acids is 1. The van der Waals surface area contributed by atoms with Gasteiger partial charge < -0.3 is 19.9 Å². The maximum Gasteiger partial charge on any atom is 0.326 e. The van der Waals surface area contributed by atoms with Crippen molar-refractivity contribution in [2.45, 2.75) is 12.5 Å². The number of amides is 1. The molecule has 28 heavy (non-hydrogen) atoms. The zero-order chi connectivity index (χ0) is 20.4. The fourth-order valence-corrected chi connectivity index (χ4v) is 2.53. The molecule has 0 aliphatic rings. The Hall–Kier alpha value is -3.03. The molecule has 0 fully saturated rings. The van der Waals surface area contributed by atoms with Crippen molar-refractivity contribution in [2.75, 3.05) is 26.9 Å². The van der Waals surface area contributed by atoms with Gasteiger partial charge in [0, 0.05) is 24.7 Å². The van der Waals surface area contributed by atoms with Crippen molar-refractivity contribution in [1.82, 2.24) is 5.32 Å². The standard InChI is InChI=1S/C21H23NO6/c1-27-11-12-28-14-19(23)22-18(21(25)26)13-15-7-9-17(10-8-15)20(24)16-5-3-2-4-6-16/h2-10,18H,11-14H2,1H3,(H,22,23)(H,25,26)/t18-/m1/s1. The predicted molar refractivity (Wildman–Crippen MR) is 102 cm³/mol. The van der Waals surface area contributed by atoms with Crippen molar-refractivity contribution >= 4 is 17.7 Å². The third kappa shape index (κ3) is 6.61. The average molecular weight is 385 g/mol. The van der Waals surface area contributed by atoms with E-state index in [9.17, 15) is 19.5 Å². The van der Waals surface area contributed by atoms with Gasteiger partial charge in [-0.2, -0.15) is 0 Å². The van der Waals surface area contributed by atoms with Crippen molar-refractivity contribution in [2.24, 2.45) is 0 Å². The maximum absolute atomic E-state index is 12.4. The van der Waals surface area contributed by atoms with Crippen LogP contribution in [-0.4, -0.2) is 55.7 Å². The van der Waals surface area contributed by atoms with E-state index < -0.39 is 17.9 Å².